The van der Waals surface area contributed by atoms with Gasteiger partial charge in [0.2, 0.25) is 0 Å². The lowest BCUT2D eigenvalue weighted by atomic mass is 9.93. The first kappa shape index (κ1) is 9.80. The maximum absolute atomic E-state index is 8.70. The van der Waals surface area contributed by atoms with E-state index in [1.165, 1.54) is 11.1 Å². The second-order valence-electron chi connectivity index (χ2n) is 3.49. The summed E-state index contributed by atoms with van der Waals surface area (Å²) in [5.41, 5.74) is 3.35. The van der Waals surface area contributed by atoms with Crippen molar-refractivity contribution in [1.82, 2.24) is 0 Å². The van der Waals surface area contributed by atoms with E-state index in [1.54, 1.807) is 0 Å². The summed E-state index contributed by atoms with van der Waals surface area (Å²) in [6.07, 6.45) is 1.15. The molecule has 1 aromatic carbocycles. The Morgan fingerprint density at radius 1 is 1.46 bits per heavy atom. The molecule has 1 nitrogen and oxygen atoms in total. The molecule has 0 spiro atoms. The number of nitrogens with zero attached hydrogens (tertiary/aromatic N) is 1. The topological polar surface area (TPSA) is 23.8 Å². The lowest BCUT2D eigenvalue weighted by Gasteiger charge is -2.12. The predicted molar refractivity (Wildman–Crippen MR) is 54.6 cm³/mol. The van der Waals surface area contributed by atoms with Crippen molar-refractivity contribution in [2.45, 2.75) is 33.1 Å². The number of hydrogen-bond acceptors (Lipinski definition) is 1. The van der Waals surface area contributed by atoms with Crippen LogP contribution in [0.5, 0.6) is 0 Å². The molecule has 13 heavy (non-hydrogen) atoms. The number of rotatable bonds is 2. The van der Waals surface area contributed by atoms with Gasteiger partial charge in [0, 0.05) is 0 Å². The minimum atomic E-state index is 0.591. The summed E-state index contributed by atoms with van der Waals surface area (Å²) >= 11 is 0. The van der Waals surface area contributed by atoms with Crippen LogP contribution in [0, 0.1) is 18.3 Å². The second-order valence-corrected chi connectivity index (χ2v) is 3.49. The molecule has 0 N–H and O–H groups in total. The van der Waals surface area contributed by atoms with Gasteiger partial charge in [0.1, 0.15) is 0 Å². The van der Waals surface area contributed by atoms with Crippen molar-refractivity contribution in [3.05, 3.63) is 34.9 Å². The minimum Gasteiger partial charge on any atom is -0.192 e. The number of benzene rings is 1. The van der Waals surface area contributed by atoms with Crippen LogP contribution in [-0.4, -0.2) is 0 Å². The Bertz CT molecular complexity index is 333. The maximum Gasteiger partial charge on any atom is 0.0991 e. The summed E-state index contributed by atoms with van der Waals surface area (Å²) in [7, 11) is 0. The van der Waals surface area contributed by atoms with E-state index in [2.05, 4.69) is 32.9 Å². The molecule has 68 valence electrons. The second kappa shape index (κ2) is 4.09. The largest absolute Gasteiger partial charge is 0.192 e. The fourth-order valence-corrected chi connectivity index (χ4v) is 1.52. The van der Waals surface area contributed by atoms with Gasteiger partial charge in [-0.25, -0.2) is 0 Å². The summed E-state index contributed by atoms with van der Waals surface area (Å²) in [5.74, 6) is 0.591. The Balaban J connectivity index is 3.07. The average molecular weight is 173 g/mol. The lowest BCUT2D eigenvalue weighted by molar-refractivity contribution is 0.728. The van der Waals surface area contributed by atoms with E-state index in [9.17, 15) is 0 Å². The highest BCUT2D eigenvalue weighted by Gasteiger charge is 2.06. The van der Waals surface area contributed by atoms with E-state index in [1.807, 2.05) is 12.1 Å². The summed E-state index contributed by atoms with van der Waals surface area (Å²) in [4.78, 5) is 0. The van der Waals surface area contributed by atoms with Crippen molar-refractivity contribution in [1.29, 1.82) is 5.26 Å². The highest BCUT2D eigenvalue weighted by molar-refractivity contribution is 5.38. The fourth-order valence-electron chi connectivity index (χ4n) is 1.52. The molecule has 1 unspecified atom stereocenters. The number of aryl methyl sites for hydroxylation is 1. The highest BCUT2D eigenvalue weighted by atomic mass is 14.2. The summed E-state index contributed by atoms with van der Waals surface area (Å²) < 4.78 is 0. The Morgan fingerprint density at radius 2 is 2.15 bits per heavy atom. The zero-order chi connectivity index (χ0) is 9.84. The zero-order valence-corrected chi connectivity index (χ0v) is 8.46. The molecule has 0 bridgehead atoms. The van der Waals surface area contributed by atoms with Gasteiger partial charge in [0.05, 0.1) is 11.6 Å². The Kier molecular flexibility index (Phi) is 3.08. The van der Waals surface area contributed by atoms with E-state index >= 15 is 0 Å². The molecule has 0 saturated heterocycles. The van der Waals surface area contributed by atoms with E-state index in [0.717, 1.165) is 12.0 Å². The van der Waals surface area contributed by atoms with E-state index < -0.39 is 0 Å². The smallest absolute Gasteiger partial charge is 0.0991 e. The SMILES string of the molecule is CCC(C)c1ccc(C#N)cc1C. The van der Waals surface area contributed by atoms with Gasteiger partial charge in [-0.1, -0.05) is 19.9 Å². The van der Waals surface area contributed by atoms with Crippen LogP contribution >= 0.6 is 0 Å². The van der Waals surface area contributed by atoms with Crippen molar-refractivity contribution < 1.29 is 0 Å². The summed E-state index contributed by atoms with van der Waals surface area (Å²) in [6, 6.07) is 8.08. The quantitative estimate of drug-likeness (QED) is 0.672. The molecule has 1 heteroatoms. The van der Waals surface area contributed by atoms with Crippen LogP contribution in [0.3, 0.4) is 0 Å². The fraction of sp³-hybridized carbons (Fsp3) is 0.417. The molecule has 0 saturated carbocycles. The van der Waals surface area contributed by atoms with Gasteiger partial charge >= 0.3 is 0 Å². The molecule has 0 aliphatic rings. The monoisotopic (exact) mass is 173 g/mol. The zero-order valence-electron chi connectivity index (χ0n) is 8.46. The van der Waals surface area contributed by atoms with E-state index in [-0.39, 0.29) is 0 Å². The van der Waals surface area contributed by atoms with Crippen molar-refractivity contribution in [3.8, 4) is 6.07 Å². The molecule has 1 aromatic rings. The molecule has 0 amide bonds. The third-order valence-electron chi connectivity index (χ3n) is 2.54. The Labute approximate surface area is 80.0 Å². The maximum atomic E-state index is 8.70. The van der Waals surface area contributed by atoms with Gasteiger partial charge in [-0.15, -0.1) is 0 Å². The molecule has 0 aliphatic heterocycles. The summed E-state index contributed by atoms with van der Waals surface area (Å²) in [6.45, 7) is 6.47. The van der Waals surface area contributed by atoms with E-state index in [0.29, 0.717) is 5.92 Å². The molecule has 0 aliphatic carbocycles. The highest BCUT2D eigenvalue weighted by Crippen LogP contribution is 2.22. The molecule has 1 rings (SSSR count). The van der Waals surface area contributed by atoms with Gasteiger partial charge in [-0.05, 0) is 42.5 Å². The van der Waals surface area contributed by atoms with Crippen LogP contribution in [0.25, 0.3) is 0 Å². The Morgan fingerprint density at radius 3 is 2.62 bits per heavy atom. The first-order chi connectivity index (χ1) is 6.19. The molecule has 1 atom stereocenters. The third kappa shape index (κ3) is 2.09. The number of hydrogen-bond donors (Lipinski definition) is 0. The molecule has 0 aromatic heterocycles. The predicted octanol–water partition coefficient (Wildman–Crippen LogP) is 3.38. The normalized spacial score (nSPS) is 12.2. The number of nitriles is 1. The van der Waals surface area contributed by atoms with Crippen molar-refractivity contribution in [3.63, 3.8) is 0 Å². The van der Waals surface area contributed by atoms with Gasteiger partial charge in [0.15, 0.2) is 0 Å². The lowest BCUT2D eigenvalue weighted by Crippen LogP contribution is -1.95. The van der Waals surface area contributed by atoms with E-state index in [4.69, 9.17) is 5.26 Å². The van der Waals surface area contributed by atoms with Gasteiger partial charge in [0.25, 0.3) is 0 Å². The van der Waals surface area contributed by atoms with Crippen LogP contribution in [-0.2, 0) is 0 Å². The molecule has 0 radical (unpaired) electrons. The molecular weight excluding hydrogens is 158 g/mol. The summed E-state index contributed by atoms with van der Waals surface area (Å²) in [5, 5.41) is 8.70. The molecule has 0 heterocycles. The van der Waals surface area contributed by atoms with Crippen molar-refractivity contribution in [2.24, 2.45) is 0 Å². The average Bonchev–Trinajstić information content (AvgIpc) is 2.16. The Hall–Kier alpha value is -1.29. The van der Waals surface area contributed by atoms with Crippen LogP contribution in [0.2, 0.25) is 0 Å². The molecule has 0 fully saturated rings. The van der Waals surface area contributed by atoms with Gasteiger partial charge < -0.3 is 0 Å². The standard InChI is InChI=1S/C12H15N/c1-4-9(2)12-6-5-11(8-13)7-10(12)3/h5-7,9H,4H2,1-3H3. The van der Waals surface area contributed by atoms with Gasteiger partial charge in [-0.3, -0.25) is 0 Å². The molecular formula is C12H15N. The first-order valence-electron chi connectivity index (χ1n) is 4.69. The van der Waals surface area contributed by atoms with Crippen LogP contribution in [0.15, 0.2) is 18.2 Å². The van der Waals surface area contributed by atoms with Crippen LogP contribution in [0.4, 0.5) is 0 Å². The minimum absolute atomic E-state index is 0.591. The van der Waals surface area contributed by atoms with Crippen LogP contribution < -0.4 is 0 Å². The first-order valence-corrected chi connectivity index (χ1v) is 4.69. The van der Waals surface area contributed by atoms with Crippen molar-refractivity contribution in [2.75, 3.05) is 0 Å². The van der Waals surface area contributed by atoms with Gasteiger partial charge in [-0.2, -0.15) is 5.26 Å². The van der Waals surface area contributed by atoms with Crippen molar-refractivity contribution >= 4 is 0 Å². The van der Waals surface area contributed by atoms with Crippen LogP contribution in [0.1, 0.15) is 42.9 Å². The third-order valence-corrected chi connectivity index (χ3v) is 2.54.